The van der Waals surface area contributed by atoms with Gasteiger partial charge < -0.3 is 20.4 Å². The molecule has 3 N–H and O–H groups in total. The van der Waals surface area contributed by atoms with Gasteiger partial charge in [-0.25, -0.2) is 0 Å². The average Bonchev–Trinajstić information content (AvgIpc) is 2.46. The van der Waals surface area contributed by atoms with Gasteiger partial charge >= 0.3 is 0 Å². The van der Waals surface area contributed by atoms with Crippen LogP contribution in [0.3, 0.4) is 0 Å². The second kappa shape index (κ2) is 7.82. The Bertz CT molecular complexity index is 490. The molecule has 0 aromatic heterocycles. The standard InChI is InChI=1S/C12H17N3O5/c1-19-11-8-9(15(17)18)5-6-10(11)20-7-3-2-4-12(13)14-16/h5-6,8,16H,2-4,7H2,1H3,(H2,13,14). The summed E-state index contributed by atoms with van der Waals surface area (Å²) in [5, 5.41) is 21.9. The molecule has 110 valence electrons. The van der Waals surface area contributed by atoms with E-state index in [0.717, 1.165) is 0 Å². The van der Waals surface area contributed by atoms with Crippen molar-refractivity contribution >= 4 is 11.5 Å². The number of benzene rings is 1. The van der Waals surface area contributed by atoms with Crippen molar-refractivity contribution < 1.29 is 19.6 Å². The number of unbranched alkanes of at least 4 members (excludes halogenated alkanes) is 1. The van der Waals surface area contributed by atoms with Gasteiger partial charge in [0, 0.05) is 12.5 Å². The highest BCUT2D eigenvalue weighted by Gasteiger charge is 2.12. The van der Waals surface area contributed by atoms with Crippen LogP contribution in [0.2, 0.25) is 0 Å². The minimum absolute atomic E-state index is 0.0545. The Balaban J connectivity index is 2.49. The third-order valence-corrected chi connectivity index (χ3v) is 2.57. The molecule has 1 aromatic rings. The van der Waals surface area contributed by atoms with Crippen LogP contribution in [0.15, 0.2) is 23.4 Å². The Morgan fingerprint density at radius 1 is 1.45 bits per heavy atom. The summed E-state index contributed by atoms with van der Waals surface area (Å²) in [4.78, 5) is 10.1. The van der Waals surface area contributed by atoms with Gasteiger partial charge in [0.05, 0.1) is 24.7 Å². The molecule has 8 nitrogen and oxygen atoms in total. The second-order valence-electron chi connectivity index (χ2n) is 3.99. The van der Waals surface area contributed by atoms with Gasteiger partial charge in [-0.2, -0.15) is 0 Å². The number of nitro benzene ring substituents is 1. The molecular weight excluding hydrogens is 266 g/mol. The molecular formula is C12H17N3O5. The van der Waals surface area contributed by atoms with Gasteiger partial charge in [0.15, 0.2) is 11.5 Å². The summed E-state index contributed by atoms with van der Waals surface area (Å²) in [5.74, 6) is 0.940. The van der Waals surface area contributed by atoms with Crippen molar-refractivity contribution in [2.45, 2.75) is 19.3 Å². The fourth-order valence-corrected chi connectivity index (χ4v) is 1.53. The first-order chi connectivity index (χ1) is 9.58. The largest absolute Gasteiger partial charge is 0.493 e. The molecule has 0 fully saturated rings. The van der Waals surface area contributed by atoms with Crippen molar-refractivity contribution in [1.29, 1.82) is 0 Å². The van der Waals surface area contributed by atoms with Gasteiger partial charge in [0.25, 0.3) is 5.69 Å². The summed E-state index contributed by atoms with van der Waals surface area (Å²) in [6.07, 6.45) is 1.90. The van der Waals surface area contributed by atoms with Gasteiger partial charge in [-0.05, 0) is 18.9 Å². The van der Waals surface area contributed by atoms with E-state index < -0.39 is 4.92 Å². The van der Waals surface area contributed by atoms with Gasteiger partial charge in [-0.15, -0.1) is 0 Å². The molecule has 0 bridgehead atoms. The number of hydrogen-bond acceptors (Lipinski definition) is 6. The van der Waals surface area contributed by atoms with E-state index >= 15 is 0 Å². The predicted octanol–water partition coefficient (Wildman–Crippen LogP) is 1.90. The third kappa shape index (κ3) is 4.63. The van der Waals surface area contributed by atoms with E-state index in [9.17, 15) is 10.1 Å². The number of oxime groups is 1. The lowest BCUT2D eigenvalue weighted by molar-refractivity contribution is -0.384. The molecule has 0 radical (unpaired) electrons. The highest BCUT2D eigenvalue weighted by atomic mass is 16.6. The zero-order valence-corrected chi connectivity index (χ0v) is 11.1. The van der Waals surface area contributed by atoms with Crippen LogP contribution in [0, 0.1) is 10.1 Å². The minimum Gasteiger partial charge on any atom is -0.493 e. The maximum atomic E-state index is 10.6. The van der Waals surface area contributed by atoms with Gasteiger partial charge in [-0.1, -0.05) is 5.16 Å². The fourth-order valence-electron chi connectivity index (χ4n) is 1.53. The number of ether oxygens (including phenoxy) is 2. The molecule has 0 unspecified atom stereocenters. The van der Waals surface area contributed by atoms with E-state index in [2.05, 4.69) is 5.16 Å². The summed E-state index contributed by atoms with van der Waals surface area (Å²) in [5.41, 5.74) is 5.28. The highest BCUT2D eigenvalue weighted by Crippen LogP contribution is 2.31. The Labute approximate surface area is 115 Å². The van der Waals surface area contributed by atoms with Crippen LogP contribution in [0.4, 0.5) is 5.69 Å². The van der Waals surface area contributed by atoms with Crippen molar-refractivity contribution in [3.05, 3.63) is 28.3 Å². The topological polar surface area (TPSA) is 120 Å². The number of nitrogens with two attached hydrogens (primary N) is 1. The number of nitrogens with zero attached hydrogens (tertiary/aromatic N) is 2. The molecule has 0 saturated carbocycles. The third-order valence-electron chi connectivity index (χ3n) is 2.57. The minimum atomic E-state index is -0.497. The molecule has 8 heteroatoms. The molecule has 0 aliphatic rings. The molecule has 20 heavy (non-hydrogen) atoms. The van der Waals surface area contributed by atoms with E-state index in [1.807, 2.05) is 0 Å². The lowest BCUT2D eigenvalue weighted by Crippen LogP contribution is -2.11. The fraction of sp³-hybridized carbons (Fsp3) is 0.417. The van der Waals surface area contributed by atoms with Crippen LogP contribution < -0.4 is 15.2 Å². The summed E-state index contributed by atoms with van der Waals surface area (Å²) in [6, 6.07) is 4.17. The van der Waals surface area contributed by atoms with E-state index in [1.165, 1.54) is 25.3 Å². The molecule has 1 aromatic carbocycles. The van der Waals surface area contributed by atoms with E-state index in [4.69, 9.17) is 20.4 Å². The molecule has 0 aliphatic carbocycles. The second-order valence-corrected chi connectivity index (χ2v) is 3.99. The first-order valence-electron chi connectivity index (χ1n) is 6.00. The van der Waals surface area contributed by atoms with Crippen LogP contribution in [-0.2, 0) is 0 Å². The highest BCUT2D eigenvalue weighted by molar-refractivity contribution is 5.79. The monoisotopic (exact) mass is 283 g/mol. The molecule has 0 spiro atoms. The first kappa shape index (κ1) is 15.5. The summed E-state index contributed by atoms with van der Waals surface area (Å²) < 4.78 is 10.5. The average molecular weight is 283 g/mol. The van der Waals surface area contributed by atoms with Crippen molar-refractivity contribution in [2.24, 2.45) is 10.9 Å². The summed E-state index contributed by atoms with van der Waals surface area (Å²) in [6.45, 7) is 0.410. The number of hydrogen-bond donors (Lipinski definition) is 2. The molecule has 1 rings (SSSR count). The lowest BCUT2D eigenvalue weighted by Gasteiger charge is -2.10. The quantitative estimate of drug-likeness (QED) is 0.188. The van der Waals surface area contributed by atoms with Gasteiger partial charge in [-0.3, -0.25) is 10.1 Å². The van der Waals surface area contributed by atoms with Crippen LogP contribution >= 0.6 is 0 Å². The Hall–Kier alpha value is -2.51. The van der Waals surface area contributed by atoms with Crippen LogP contribution in [-0.4, -0.2) is 29.7 Å². The Morgan fingerprint density at radius 3 is 2.80 bits per heavy atom. The maximum Gasteiger partial charge on any atom is 0.273 e. The summed E-state index contributed by atoms with van der Waals surface area (Å²) in [7, 11) is 1.42. The Kier molecular flexibility index (Phi) is 6.08. The molecule has 0 amide bonds. The smallest absolute Gasteiger partial charge is 0.273 e. The van der Waals surface area contributed by atoms with Crippen molar-refractivity contribution in [1.82, 2.24) is 0 Å². The van der Waals surface area contributed by atoms with Crippen molar-refractivity contribution in [2.75, 3.05) is 13.7 Å². The number of amidine groups is 1. The predicted molar refractivity (Wildman–Crippen MR) is 72.4 cm³/mol. The van der Waals surface area contributed by atoms with Gasteiger partial charge in [0.1, 0.15) is 5.84 Å². The molecule has 0 saturated heterocycles. The van der Waals surface area contributed by atoms with E-state index in [-0.39, 0.29) is 11.5 Å². The van der Waals surface area contributed by atoms with Crippen LogP contribution in [0.1, 0.15) is 19.3 Å². The SMILES string of the molecule is COc1cc([N+](=O)[O-])ccc1OCCCCC(N)=NO. The maximum absolute atomic E-state index is 10.6. The summed E-state index contributed by atoms with van der Waals surface area (Å²) >= 11 is 0. The molecule has 0 atom stereocenters. The lowest BCUT2D eigenvalue weighted by atomic mass is 10.2. The zero-order valence-electron chi connectivity index (χ0n) is 11.1. The van der Waals surface area contributed by atoms with Crippen molar-refractivity contribution in [3.8, 4) is 11.5 Å². The molecule has 0 heterocycles. The normalized spacial score (nSPS) is 11.2. The number of rotatable bonds is 8. The first-order valence-corrected chi connectivity index (χ1v) is 6.00. The van der Waals surface area contributed by atoms with E-state index in [0.29, 0.717) is 37.4 Å². The number of nitro groups is 1. The van der Waals surface area contributed by atoms with Gasteiger partial charge in [0.2, 0.25) is 0 Å². The van der Waals surface area contributed by atoms with Crippen LogP contribution in [0.25, 0.3) is 0 Å². The van der Waals surface area contributed by atoms with Crippen molar-refractivity contribution in [3.63, 3.8) is 0 Å². The van der Waals surface area contributed by atoms with Crippen LogP contribution in [0.5, 0.6) is 11.5 Å². The number of non-ortho nitro benzene ring substituents is 1. The number of methoxy groups -OCH3 is 1. The molecule has 0 aliphatic heterocycles. The Morgan fingerprint density at radius 2 is 2.20 bits per heavy atom. The zero-order chi connectivity index (χ0) is 15.0. The van der Waals surface area contributed by atoms with E-state index in [1.54, 1.807) is 0 Å².